The van der Waals surface area contributed by atoms with Gasteiger partial charge in [0.25, 0.3) is 5.78 Å². The number of aliphatic hydroxyl groups is 1. The first-order chi connectivity index (χ1) is 14.0. The monoisotopic (exact) mass is 427 g/mol. The second-order valence-electron chi connectivity index (χ2n) is 6.30. The van der Waals surface area contributed by atoms with Gasteiger partial charge in [0.05, 0.1) is 12.2 Å². The molecule has 4 rings (SSSR count). The van der Waals surface area contributed by atoms with Gasteiger partial charge in [-0.25, -0.2) is 0 Å². The molecule has 0 radical (unpaired) electrons. The number of hydrogen-bond donors (Lipinski definition) is 1. The highest BCUT2D eigenvalue weighted by Gasteiger charge is 2.48. The fraction of sp³-hybridized carbons (Fsp3) is 0.200. The number of benzene rings is 1. The van der Waals surface area contributed by atoms with Gasteiger partial charge in [0.1, 0.15) is 23.1 Å². The average Bonchev–Trinajstić information content (AvgIpc) is 3.43. The number of Topliss-reactive ketones (excluding diaryl/α,β-unsaturated/α-hetero) is 1. The smallest absolute Gasteiger partial charge is 0.301 e. The summed E-state index contributed by atoms with van der Waals surface area (Å²) in [5.41, 5.74) is 1.97. The van der Waals surface area contributed by atoms with Crippen LogP contribution in [0.1, 0.15) is 28.3 Å². The predicted octanol–water partition coefficient (Wildman–Crippen LogP) is 3.93. The Morgan fingerprint density at radius 2 is 1.97 bits per heavy atom. The van der Waals surface area contributed by atoms with Crippen LogP contribution in [0.4, 0.5) is 5.13 Å². The van der Waals surface area contributed by atoms with Crippen molar-refractivity contribution in [1.29, 1.82) is 0 Å². The third kappa shape index (κ3) is 3.43. The fourth-order valence-corrected chi connectivity index (χ4v) is 4.77. The van der Waals surface area contributed by atoms with E-state index in [1.165, 1.54) is 21.7 Å². The molecule has 1 N–H and O–H groups in total. The Balaban J connectivity index is 1.86. The lowest BCUT2D eigenvalue weighted by Gasteiger charge is -2.21. The van der Waals surface area contributed by atoms with Crippen molar-refractivity contribution in [2.24, 2.45) is 0 Å². The number of aromatic nitrogens is 2. The zero-order valence-electron chi connectivity index (χ0n) is 15.7. The second-order valence-corrected chi connectivity index (χ2v) is 8.43. The highest BCUT2D eigenvalue weighted by atomic mass is 32.1. The van der Waals surface area contributed by atoms with Gasteiger partial charge in [0, 0.05) is 15.3 Å². The molecule has 1 unspecified atom stereocenters. The van der Waals surface area contributed by atoms with Crippen LogP contribution in [0.25, 0.3) is 5.76 Å². The Morgan fingerprint density at radius 3 is 2.55 bits per heavy atom. The molecule has 1 aliphatic heterocycles. The maximum atomic E-state index is 12.9. The Hall–Kier alpha value is -3.04. The van der Waals surface area contributed by atoms with Crippen molar-refractivity contribution in [3.63, 3.8) is 0 Å². The minimum absolute atomic E-state index is 0.0382. The van der Waals surface area contributed by atoms with Crippen LogP contribution in [-0.2, 0) is 9.59 Å². The van der Waals surface area contributed by atoms with Crippen molar-refractivity contribution in [3.8, 4) is 5.75 Å². The number of hydrogen-bond acceptors (Lipinski definition) is 8. The summed E-state index contributed by atoms with van der Waals surface area (Å²) in [7, 11) is 0. The number of aryl methyl sites for hydroxylation is 1. The van der Waals surface area contributed by atoms with E-state index in [2.05, 4.69) is 10.2 Å². The van der Waals surface area contributed by atoms with Gasteiger partial charge in [-0.15, -0.1) is 21.5 Å². The number of aliphatic hydroxyl groups excluding tert-OH is 1. The largest absolute Gasteiger partial charge is 0.507 e. The zero-order chi connectivity index (χ0) is 20.5. The molecule has 0 bridgehead atoms. The van der Waals surface area contributed by atoms with Crippen LogP contribution < -0.4 is 9.64 Å². The van der Waals surface area contributed by atoms with Crippen LogP contribution in [0, 0.1) is 6.92 Å². The minimum atomic E-state index is -0.756. The molecule has 1 amide bonds. The normalized spacial score (nSPS) is 18.4. The van der Waals surface area contributed by atoms with E-state index >= 15 is 0 Å². The number of carbonyl (C=O) groups excluding carboxylic acids is 2. The summed E-state index contributed by atoms with van der Waals surface area (Å²) in [6, 6.07) is 9.76. The van der Waals surface area contributed by atoms with Gasteiger partial charge in [-0.2, -0.15) is 0 Å². The summed E-state index contributed by atoms with van der Waals surface area (Å²) in [6.07, 6.45) is 0. The molecule has 1 aliphatic rings. The molecule has 0 saturated carbocycles. The van der Waals surface area contributed by atoms with Crippen LogP contribution in [-0.4, -0.2) is 33.6 Å². The van der Waals surface area contributed by atoms with Crippen molar-refractivity contribution in [2.45, 2.75) is 19.9 Å². The highest BCUT2D eigenvalue weighted by Crippen LogP contribution is 2.44. The van der Waals surface area contributed by atoms with E-state index in [9.17, 15) is 14.7 Å². The first-order valence-electron chi connectivity index (χ1n) is 8.88. The van der Waals surface area contributed by atoms with Gasteiger partial charge in [-0.05, 0) is 50.2 Å². The Morgan fingerprint density at radius 1 is 1.21 bits per heavy atom. The summed E-state index contributed by atoms with van der Waals surface area (Å²) < 4.78 is 5.42. The molecular formula is C20H17N3O4S2. The number of anilines is 1. The van der Waals surface area contributed by atoms with Crippen molar-refractivity contribution < 1.29 is 19.4 Å². The fourth-order valence-electron chi connectivity index (χ4n) is 3.20. The quantitative estimate of drug-likeness (QED) is 0.377. The van der Waals surface area contributed by atoms with Crippen molar-refractivity contribution >= 4 is 45.3 Å². The minimum Gasteiger partial charge on any atom is -0.507 e. The summed E-state index contributed by atoms with van der Waals surface area (Å²) >= 11 is 2.62. The first-order valence-corrected chi connectivity index (χ1v) is 10.6. The molecule has 7 nitrogen and oxygen atoms in total. The van der Waals surface area contributed by atoms with Crippen molar-refractivity contribution in [1.82, 2.24) is 10.2 Å². The molecule has 1 fully saturated rings. The molecule has 2 aromatic heterocycles. The highest BCUT2D eigenvalue weighted by molar-refractivity contribution is 7.14. The number of rotatable bonds is 5. The summed E-state index contributed by atoms with van der Waals surface area (Å²) in [5.74, 6) is -1.05. The lowest BCUT2D eigenvalue weighted by atomic mass is 10.00. The molecule has 3 aromatic rings. The Kier molecular flexibility index (Phi) is 5.16. The molecule has 9 heteroatoms. The van der Waals surface area contributed by atoms with Crippen LogP contribution in [0.3, 0.4) is 0 Å². The zero-order valence-corrected chi connectivity index (χ0v) is 17.3. The molecule has 1 atom stereocenters. The average molecular weight is 428 g/mol. The molecule has 1 saturated heterocycles. The third-order valence-corrected chi connectivity index (χ3v) is 6.21. The summed E-state index contributed by atoms with van der Waals surface area (Å²) in [4.78, 5) is 28.9. The van der Waals surface area contributed by atoms with E-state index in [0.717, 1.165) is 21.1 Å². The predicted molar refractivity (Wildman–Crippen MR) is 111 cm³/mol. The van der Waals surface area contributed by atoms with Crippen molar-refractivity contribution in [3.05, 3.63) is 62.8 Å². The molecular weight excluding hydrogens is 410 g/mol. The Bertz CT molecular complexity index is 1090. The van der Waals surface area contributed by atoms with Crippen molar-refractivity contribution in [2.75, 3.05) is 11.5 Å². The van der Waals surface area contributed by atoms with Crippen LogP contribution >= 0.6 is 22.7 Å². The number of ketones is 1. The van der Waals surface area contributed by atoms with Gasteiger partial charge >= 0.3 is 5.91 Å². The Labute approximate surface area is 174 Å². The SMILES string of the molecule is CCOc1ccc(/C(O)=C2\C(=O)C(=O)N(c3nncs3)C2c2ccc(C)s2)cc1. The van der Waals surface area contributed by atoms with Gasteiger partial charge in [-0.1, -0.05) is 11.3 Å². The maximum Gasteiger partial charge on any atom is 0.301 e. The van der Waals surface area contributed by atoms with Crippen LogP contribution in [0.2, 0.25) is 0 Å². The van der Waals surface area contributed by atoms with E-state index in [4.69, 9.17) is 4.74 Å². The summed E-state index contributed by atoms with van der Waals surface area (Å²) in [6.45, 7) is 4.35. The lowest BCUT2D eigenvalue weighted by Crippen LogP contribution is -2.29. The van der Waals surface area contributed by atoms with E-state index < -0.39 is 17.7 Å². The summed E-state index contributed by atoms with van der Waals surface area (Å²) in [5, 5.41) is 19.1. The van der Waals surface area contributed by atoms with Gasteiger partial charge in [-0.3, -0.25) is 14.5 Å². The van der Waals surface area contributed by atoms with Gasteiger partial charge in [0.15, 0.2) is 0 Å². The van der Waals surface area contributed by atoms with E-state index in [1.807, 2.05) is 26.0 Å². The van der Waals surface area contributed by atoms with Gasteiger partial charge in [0.2, 0.25) is 5.13 Å². The maximum absolute atomic E-state index is 12.9. The van der Waals surface area contributed by atoms with E-state index in [-0.39, 0.29) is 11.3 Å². The van der Waals surface area contributed by atoms with E-state index in [1.54, 1.807) is 24.3 Å². The topological polar surface area (TPSA) is 92.6 Å². The molecule has 148 valence electrons. The number of nitrogens with zero attached hydrogens (tertiary/aromatic N) is 3. The molecule has 0 aliphatic carbocycles. The molecule has 1 aromatic carbocycles. The molecule has 3 heterocycles. The third-order valence-electron chi connectivity index (χ3n) is 4.47. The second kappa shape index (κ2) is 7.76. The van der Waals surface area contributed by atoms with Crippen LogP contribution in [0.15, 0.2) is 47.5 Å². The molecule has 0 spiro atoms. The van der Waals surface area contributed by atoms with Crippen LogP contribution in [0.5, 0.6) is 5.75 Å². The lowest BCUT2D eigenvalue weighted by molar-refractivity contribution is -0.132. The number of carbonyl (C=O) groups is 2. The number of amides is 1. The standard InChI is InChI=1S/C20H17N3O4S2/c1-3-27-13-7-5-12(6-8-13)17(24)15-16(14-9-4-11(2)29-14)23(19(26)18(15)25)20-22-21-10-28-20/h4-10,16,24H,3H2,1-2H3/b17-15+. The number of ether oxygens (including phenoxy) is 1. The van der Waals surface area contributed by atoms with Gasteiger partial charge < -0.3 is 9.84 Å². The molecule has 29 heavy (non-hydrogen) atoms. The first kappa shape index (κ1) is 19.3. The number of thiophene rings is 1. The van der Waals surface area contributed by atoms with E-state index in [0.29, 0.717) is 23.1 Å².